The molecular formula is C13H18ClNO2. The number of rotatable bonds is 5. The van der Waals surface area contributed by atoms with Crippen molar-refractivity contribution in [2.45, 2.75) is 33.2 Å². The van der Waals surface area contributed by atoms with Crippen LogP contribution in [0.15, 0.2) is 18.2 Å². The summed E-state index contributed by atoms with van der Waals surface area (Å²) in [6, 6.07) is 5.07. The molecule has 1 rings (SSSR count). The third-order valence-electron chi connectivity index (χ3n) is 2.94. The fourth-order valence-corrected chi connectivity index (χ4v) is 2.16. The van der Waals surface area contributed by atoms with Crippen LogP contribution in [0, 0.1) is 6.92 Å². The molecule has 0 fully saturated rings. The van der Waals surface area contributed by atoms with Crippen LogP contribution in [0.5, 0.6) is 0 Å². The van der Waals surface area contributed by atoms with Gasteiger partial charge in [-0.1, -0.05) is 24.6 Å². The molecule has 1 aromatic rings. The molecule has 0 saturated carbocycles. The van der Waals surface area contributed by atoms with Gasteiger partial charge in [0.25, 0.3) is 0 Å². The summed E-state index contributed by atoms with van der Waals surface area (Å²) in [6.07, 6.45) is 0.565. The Morgan fingerprint density at radius 1 is 1.47 bits per heavy atom. The summed E-state index contributed by atoms with van der Waals surface area (Å²) in [6.45, 7) is 6.38. The van der Waals surface area contributed by atoms with Crippen LogP contribution >= 0.6 is 11.6 Å². The topological polar surface area (TPSA) is 40.5 Å². The number of halogens is 1. The van der Waals surface area contributed by atoms with Crippen LogP contribution in [-0.4, -0.2) is 23.7 Å². The van der Waals surface area contributed by atoms with Gasteiger partial charge in [-0.05, 0) is 38.0 Å². The molecule has 0 amide bonds. The van der Waals surface area contributed by atoms with E-state index in [1.165, 1.54) is 0 Å². The first-order valence-corrected chi connectivity index (χ1v) is 6.15. The highest BCUT2D eigenvalue weighted by Crippen LogP contribution is 2.28. The fourth-order valence-electron chi connectivity index (χ4n) is 1.99. The molecule has 0 bridgehead atoms. The summed E-state index contributed by atoms with van der Waals surface area (Å²) in [5, 5.41) is 9.89. The molecule has 0 aliphatic rings. The van der Waals surface area contributed by atoms with Crippen molar-refractivity contribution in [3.63, 3.8) is 0 Å². The Hall–Kier alpha value is -1.22. The van der Waals surface area contributed by atoms with E-state index in [-0.39, 0.29) is 0 Å². The molecule has 0 heterocycles. The average Bonchev–Trinajstić information content (AvgIpc) is 2.29. The Morgan fingerprint density at radius 2 is 2.12 bits per heavy atom. The van der Waals surface area contributed by atoms with Crippen LogP contribution in [0.4, 0.5) is 5.69 Å². The summed E-state index contributed by atoms with van der Waals surface area (Å²) in [7, 11) is 0. The van der Waals surface area contributed by atoms with Crippen LogP contribution in [0.1, 0.15) is 25.8 Å². The fraction of sp³-hybridized carbons (Fsp3) is 0.462. The average molecular weight is 256 g/mol. The number of anilines is 1. The number of aliphatic carboxylic acids is 1. The second-order valence-electron chi connectivity index (χ2n) is 3.93. The van der Waals surface area contributed by atoms with Crippen molar-refractivity contribution in [1.29, 1.82) is 0 Å². The van der Waals surface area contributed by atoms with E-state index >= 15 is 0 Å². The number of carboxylic acids is 1. The largest absolute Gasteiger partial charge is 0.480 e. The van der Waals surface area contributed by atoms with Gasteiger partial charge in [-0.25, -0.2) is 4.79 Å². The quantitative estimate of drug-likeness (QED) is 0.877. The van der Waals surface area contributed by atoms with Gasteiger partial charge in [-0.15, -0.1) is 0 Å². The smallest absolute Gasteiger partial charge is 0.326 e. The molecule has 1 aromatic carbocycles. The van der Waals surface area contributed by atoms with Crippen molar-refractivity contribution >= 4 is 23.3 Å². The standard InChI is InChI=1S/C13H18ClNO2/c1-4-11(13(16)17)15(5-2)12-8-6-7-10(14)9(12)3/h6-8,11H,4-5H2,1-3H3,(H,16,17)/t11-/m1/s1. The monoisotopic (exact) mass is 255 g/mol. The van der Waals surface area contributed by atoms with Gasteiger partial charge in [-0.3, -0.25) is 0 Å². The summed E-state index contributed by atoms with van der Waals surface area (Å²) in [5.41, 5.74) is 1.82. The van der Waals surface area contributed by atoms with E-state index < -0.39 is 12.0 Å². The Morgan fingerprint density at radius 3 is 2.59 bits per heavy atom. The highest BCUT2D eigenvalue weighted by Gasteiger charge is 2.24. The highest BCUT2D eigenvalue weighted by molar-refractivity contribution is 6.31. The van der Waals surface area contributed by atoms with Crippen LogP contribution in [0.25, 0.3) is 0 Å². The highest BCUT2D eigenvalue weighted by atomic mass is 35.5. The normalized spacial score (nSPS) is 12.2. The van der Waals surface area contributed by atoms with Crippen LogP contribution in [-0.2, 0) is 4.79 Å². The maximum atomic E-state index is 11.2. The number of hydrogen-bond acceptors (Lipinski definition) is 2. The molecule has 0 unspecified atom stereocenters. The molecule has 4 heteroatoms. The molecule has 0 radical (unpaired) electrons. The summed E-state index contributed by atoms with van der Waals surface area (Å²) >= 11 is 6.07. The van der Waals surface area contributed by atoms with Crippen LogP contribution in [0.2, 0.25) is 5.02 Å². The minimum atomic E-state index is -0.797. The molecule has 1 N–H and O–H groups in total. The van der Waals surface area contributed by atoms with Gasteiger partial charge in [-0.2, -0.15) is 0 Å². The molecule has 0 aliphatic heterocycles. The van der Waals surface area contributed by atoms with Gasteiger partial charge >= 0.3 is 5.97 Å². The van der Waals surface area contributed by atoms with Crippen molar-refractivity contribution < 1.29 is 9.90 Å². The van der Waals surface area contributed by atoms with E-state index in [1.54, 1.807) is 0 Å². The van der Waals surface area contributed by atoms with E-state index in [0.29, 0.717) is 18.0 Å². The number of hydrogen-bond donors (Lipinski definition) is 1. The second kappa shape index (κ2) is 5.92. The van der Waals surface area contributed by atoms with Gasteiger partial charge in [0, 0.05) is 17.3 Å². The SMILES string of the molecule is CC[C@H](C(=O)O)N(CC)c1cccc(Cl)c1C. The molecule has 1 atom stereocenters. The van der Waals surface area contributed by atoms with Gasteiger partial charge in [0.15, 0.2) is 0 Å². The van der Waals surface area contributed by atoms with Gasteiger partial charge in [0.1, 0.15) is 6.04 Å². The Balaban J connectivity index is 3.17. The Bertz CT molecular complexity index is 406. The molecule has 0 aliphatic carbocycles. The molecule has 0 spiro atoms. The van der Waals surface area contributed by atoms with Crippen molar-refractivity contribution in [2.24, 2.45) is 0 Å². The summed E-state index contributed by atoms with van der Waals surface area (Å²) < 4.78 is 0. The summed E-state index contributed by atoms with van der Waals surface area (Å²) in [4.78, 5) is 13.1. The molecule has 0 aromatic heterocycles. The number of carboxylic acid groups (broad SMARTS) is 1. The van der Waals surface area contributed by atoms with Crippen LogP contribution in [0.3, 0.4) is 0 Å². The summed E-state index contributed by atoms with van der Waals surface area (Å²) in [5.74, 6) is -0.797. The minimum Gasteiger partial charge on any atom is -0.480 e. The number of likely N-dealkylation sites (N-methyl/N-ethyl adjacent to an activating group) is 1. The van der Waals surface area contributed by atoms with E-state index in [1.807, 2.05) is 43.9 Å². The maximum Gasteiger partial charge on any atom is 0.326 e. The maximum absolute atomic E-state index is 11.2. The third-order valence-corrected chi connectivity index (χ3v) is 3.35. The molecule has 3 nitrogen and oxygen atoms in total. The lowest BCUT2D eigenvalue weighted by atomic mass is 10.1. The van der Waals surface area contributed by atoms with Gasteiger partial charge in [0.05, 0.1) is 0 Å². The van der Waals surface area contributed by atoms with Crippen molar-refractivity contribution in [3.8, 4) is 0 Å². The Kier molecular flexibility index (Phi) is 4.82. The minimum absolute atomic E-state index is 0.503. The lowest BCUT2D eigenvalue weighted by Crippen LogP contribution is -2.41. The first-order valence-electron chi connectivity index (χ1n) is 5.77. The lowest BCUT2D eigenvalue weighted by molar-refractivity contribution is -0.138. The zero-order valence-corrected chi connectivity index (χ0v) is 11.2. The predicted molar refractivity (Wildman–Crippen MR) is 70.9 cm³/mol. The third kappa shape index (κ3) is 2.91. The Labute approximate surface area is 107 Å². The van der Waals surface area contributed by atoms with E-state index in [2.05, 4.69) is 0 Å². The first kappa shape index (κ1) is 13.8. The molecule has 17 heavy (non-hydrogen) atoms. The van der Waals surface area contributed by atoms with Gasteiger partial charge in [0.2, 0.25) is 0 Å². The van der Waals surface area contributed by atoms with Crippen molar-refractivity contribution in [2.75, 3.05) is 11.4 Å². The van der Waals surface area contributed by atoms with E-state index in [4.69, 9.17) is 11.6 Å². The lowest BCUT2D eigenvalue weighted by Gasteiger charge is -2.30. The molecular weight excluding hydrogens is 238 g/mol. The zero-order chi connectivity index (χ0) is 13.0. The van der Waals surface area contributed by atoms with Crippen molar-refractivity contribution in [3.05, 3.63) is 28.8 Å². The number of benzene rings is 1. The van der Waals surface area contributed by atoms with E-state index in [0.717, 1.165) is 11.3 Å². The number of nitrogens with zero attached hydrogens (tertiary/aromatic N) is 1. The zero-order valence-electron chi connectivity index (χ0n) is 10.4. The first-order chi connectivity index (χ1) is 8.02. The number of carbonyl (C=O) groups is 1. The molecule has 94 valence electrons. The van der Waals surface area contributed by atoms with E-state index in [9.17, 15) is 9.90 Å². The second-order valence-corrected chi connectivity index (χ2v) is 4.34. The van der Waals surface area contributed by atoms with Crippen LogP contribution < -0.4 is 4.90 Å². The van der Waals surface area contributed by atoms with Crippen molar-refractivity contribution in [1.82, 2.24) is 0 Å². The molecule has 0 saturated heterocycles. The van der Waals surface area contributed by atoms with Gasteiger partial charge < -0.3 is 10.0 Å². The predicted octanol–water partition coefficient (Wildman–Crippen LogP) is 3.34.